The number of amides is 2. The maximum absolute atomic E-state index is 13.6. The molecule has 1 aromatic heterocycles. The SMILES string of the molecule is O=C(CCc1cnccn1)N1CC[C@]2(C(=O)Nc3ccccc32)[C@@H]1c1ccc(F)cc1. The van der Waals surface area contributed by atoms with E-state index in [4.69, 9.17) is 0 Å². The van der Waals surface area contributed by atoms with Crippen molar-refractivity contribution in [2.45, 2.75) is 30.7 Å². The molecule has 0 unspecified atom stereocenters. The molecule has 0 radical (unpaired) electrons. The fourth-order valence-corrected chi connectivity index (χ4v) is 4.90. The Balaban J connectivity index is 1.52. The molecular formula is C24H21FN4O2. The summed E-state index contributed by atoms with van der Waals surface area (Å²) in [7, 11) is 0. The molecule has 2 amide bonds. The third kappa shape index (κ3) is 3.17. The van der Waals surface area contributed by atoms with Crippen LogP contribution in [0.25, 0.3) is 0 Å². The number of aryl methyl sites for hydroxylation is 1. The summed E-state index contributed by atoms with van der Waals surface area (Å²) >= 11 is 0. The van der Waals surface area contributed by atoms with Gasteiger partial charge in [-0.05, 0) is 42.2 Å². The van der Waals surface area contributed by atoms with Gasteiger partial charge in [-0.3, -0.25) is 19.6 Å². The zero-order valence-corrected chi connectivity index (χ0v) is 16.8. The van der Waals surface area contributed by atoms with Gasteiger partial charge in [0.05, 0.1) is 11.7 Å². The van der Waals surface area contributed by atoms with Gasteiger partial charge in [-0.15, -0.1) is 0 Å². The number of carbonyl (C=O) groups excluding carboxylic acids is 2. The Kier molecular flexibility index (Phi) is 4.73. The zero-order valence-electron chi connectivity index (χ0n) is 16.8. The van der Waals surface area contributed by atoms with Gasteiger partial charge in [-0.1, -0.05) is 30.3 Å². The number of anilines is 1. The topological polar surface area (TPSA) is 75.2 Å². The highest BCUT2D eigenvalue weighted by atomic mass is 19.1. The fraction of sp³-hybridized carbons (Fsp3) is 0.250. The lowest BCUT2D eigenvalue weighted by Crippen LogP contribution is -2.42. The van der Waals surface area contributed by atoms with Crippen molar-refractivity contribution in [3.8, 4) is 0 Å². The van der Waals surface area contributed by atoms with Gasteiger partial charge in [0.15, 0.2) is 0 Å². The molecule has 3 heterocycles. The van der Waals surface area contributed by atoms with Gasteiger partial charge in [0, 0.05) is 37.2 Å². The number of nitrogens with one attached hydrogen (secondary N) is 1. The van der Waals surface area contributed by atoms with Gasteiger partial charge >= 0.3 is 0 Å². The van der Waals surface area contributed by atoms with Crippen LogP contribution in [0.2, 0.25) is 0 Å². The first-order valence-electron chi connectivity index (χ1n) is 10.3. The van der Waals surface area contributed by atoms with E-state index in [9.17, 15) is 14.0 Å². The van der Waals surface area contributed by atoms with E-state index in [1.807, 2.05) is 24.3 Å². The van der Waals surface area contributed by atoms with Crippen LogP contribution in [0.15, 0.2) is 67.1 Å². The normalized spacial score (nSPS) is 21.9. The highest BCUT2D eigenvalue weighted by Crippen LogP contribution is 2.54. The van der Waals surface area contributed by atoms with Gasteiger partial charge in [0.25, 0.3) is 0 Å². The Morgan fingerprint density at radius 1 is 1.16 bits per heavy atom. The number of hydrogen-bond donors (Lipinski definition) is 1. The number of para-hydroxylation sites is 1. The van der Waals surface area contributed by atoms with E-state index < -0.39 is 11.5 Å². The number of halogens is 1. The molecule has 1 spiro atoms. The largest absolute Gasteiger partial charge is 0.334 e. The molecule has 1 saturated heterocycles. The molecule has 7 heteroatoms. The lowest BCUT2D eigenvalue weighted by molar-refractivity contribution is -0.133. The molecule has 2 aliphatic heterocycles. The van der Waals surface area contributed by atoms with Gasteiger partial charge < -0.3 is 10.2 Å². The first kappa shape index (κ1) is 19.4. The minimum Gasteiger partial charge on any atom is -0.334 e. The zero-order chi connectivity index (χ0) is 21.4. The van der Waals surface area contributed by atoms with Crippen molar-refractivity contribution in [2.75, 3.05) is 11.9 Å². The third-order valence-electron chi connectivity index (χ3n) is 6.30. The number of hydrogen-bond acceptors (Lipinski definition) is 4. The van der Waals surface area contributed by atoms with E-state index >= 15 is 0 Å². The second-order valence-electron chi connectivity index (χ2n) is 7.96. The molecule has 31 heavy (non-hydrogen) atoms. The maximum atomic E-state index is 13.6. The Morgan fingerprint density at radius 2 is 1.97 bits per heavy atom. The van der Waals surface area contributed by atoms with E-state index in [-0.39, 0.29) is 24.1 Å². The van der Waals surface area contributed by atoms with Crippen LogP contribution in [-0.2, 0) is 21.4 Å². The van der Waals surface area contributed by atoms with E-state index in [0.29, 0.717) is 19.4 Å². The molecule has 0 bridgehead atoms. The van der Waals surface area contributed by atoms with Crippen molar-refractivity contribution in [3.05, 3.63) is 89.8 Å². The molecule has 6 nitrogen and oxygen atoms in total. The van der Waals surface area contributed by atoms with Crippen molar-refractivity contribution >= 4 is 17.5 Å². The molecule has 3 aromatic rings. The van der Waals surface area contributed by atoms with Crippen molar-refractivity contribution in [3.63, 3.8) is 0 Å². The third-order valence-corrected chi connectivity index (χ3v) is 6.30. The Morgan fingerprint density at radius 3 is 2.74 bits per heavy atom. The number of aromatic nitrogens is 2. The van der Waals surface area contributed by atoms with Gasteiger partial charge in [-0.2, -0.15) is 0 Å². The molecule has 1 N–H and O–H groups in total. The first-order valence-corrected chi connectivity index (χ1v) is 10.3. The van der Waals surface area contributed by atoms with Gasteiger partial charge in [0.1, 0.15) is 11.2 Å². The maximum Gasteiger partial charge on any atom is 0.237 e. The predicted octanol–water partition coefficient (Wildman–Crippen LogP) is 3.41. The highest BCUT2D eigenvalue weighted by molar-refractivity contribution is 6.07. The summed E-state index contributed by atoms with van der Waals surface area (Å²) in [6.45, 7) is 0.448. The monoisotopic (exact) mass is 416 g/mol. The summed E-state index contributed by atoms with van der Waals surface area (Å²) in [6.07, 6.45) is 6.08. The highest BCUT2D eigenvalue weighted by Gasteiger charge is 2.59. The molecule has 5 rings (SSSR count). The number of likely N-dealkylation sites (tertiary alicyclic amines) is 1. The minimum atomic E-state index is -0.892. The van der Waals surface area contributed by atoms with E-state index in [1.54, 1.807) is 35.6 Å². The summed E-state index contributed by atoms with van der Waals surface area (Å²) in [5.41, 5.74) is 2.26. The average Bonchev–Trinajstić information content (AvgIpc) is 3.33. The van der Waals surface area contributed by atoms with Crippen molar-refractivity contribution in [1.82, 2.24) is 14.9 Å². The summed E-state index contributed by atoms with van der Waals surface area (Å²) in [4.78, 5) is 36.7. The number of fused-ring (bicyclic) bond motifs is 2. The molecule has 0 aliphatic carbocycles. The van der Waals surface area contributed by atoms with Crippen LogP contribution >= 0.6 is 0 Å². The summed E-state index contributed by atoms with van der Waals surface area (Å²) < 4.78 is 13.6. The smallest absolute Gasteiger partial charge is 0.237 e. The second kappa shape index (κ2) is 7.58. The van der Waals surface area contributed by atoms with E-state index in [0.717, 1.165) is 22.5 Å². The summed E-state index contributed by atoms with van der Waals surface area (Å²) in [6, 6.07) is 13.2. The molecule has 2 aromatic carbocycles. The second-order valence-corrected chi connectivity index (χ2v) is 7.96. The van der Waals surface area contributed by atoms with Gasteiger partial charge in [0.2, 0.25) is 11.8 Å². The van der Waals surface area contributed by atoms with Crippen molar-refractivity contribution in [2.24, 2.45) is 0 Å². The van der Waals surface area contributed by atoms with Crippen LogP contribution in [0.5, 0.6) is 0 Å². The van der Waals surface area contributed by atoms with Crippen molar-refractivity contribution < 1.29 is 14.0 Å². The fourth-order valence-electron chi connectivity index (χ4n) is 4.90. The van der Waals surface area contributed by atoms with Crippen LogP contribution in [0.4, 0.5) is 10.1 Å². The van der Waals surface area contributed by atoms with Crippen LogP contribution in [0, 0.1) is 5.82 Å². The quantitative estimate of drug-likeness (QED) is 0.707. The predicted molar refractivity (Wildman–Crippen MR) is 113 cm³/mol. The average molecular weight is 416 g/mol. The Labute approximate surface area is 179 Å². The molecule has 1 fully saturated rings. The summed E-state index contributed by atoms with van der Waals surface area (Å²) in [5, 5.41) is 2.99. The lowest BCUT2D eigenvalue weighted by Gasteiger charge is -2.34. The van der Waals surface area contributed by atoms with Crippen LogP contribution < -0.4 is 5.32 Å². The number of rotatable bonds is 4. The van der Waals surface area contributed by atoms with Crippen molar-refractivity contribution in [1.29, 1.82) is 0 Å². The van der Waals surface area contributed by atoms with Crippen LogP contribution in [-0.4, -0.2) is 33.2 Å². The lowest BCUT2D eigenvalue weighted by atomic mass is 9.72. The summed E-state index contributed by atoms with van der Waals surface area (Å²) in [5.74, 6) is -0.533. The minimum absolute atomic E-state index is 0.0611. The van der Waals surface area contributed by atoms with Crippen LogP contribution in [0.3, 0.4) is 0 Å². The standard InChI is InChI=1S/C24H21FN4O2/c25-17-7-5-16(6-8-17)22-24(19-3-1-2-4-20(19)28-23(24)31)11-14-29(22)21(30)10-9-18-15-26-12-13-27-18/h1-8,12-13,15,22H,9-11,14H2,(H,28,31)/t22-,24+/m0/s1. The Bertz CT molecular complexity index is 1140. The first-order chi connectivity index (χ1) is 15.1. The number of benzene rings is 2. The Hall–Kier alpha value is -3.61. The van der Waals surface area contributed by atoms with E-state index in [2.05, 4.69) is 15.3 Å². The number of carbonyl (C=O) groups is 2. The molecule has 156 valence electrons. The van der Waals surface area contributed by atoms with Gasteiger partial charge in [-0.25, -0.2) is 4.39 Å². The molecular weight excluding hydrogens is 395 g/mol. The van der Waals surface area contributed by atoms with E-state index in [1.165, 1.54) is 12.1 Å². The molecule has 2 atom stereocenters. The molecule has 0 saturated carbocycles. The molecule has 2 aliphatic rings. The number of nitrogens with zero attached hydrogens (tertiary/aromatic N) is 3. The van der Waals surface area contributed by atoms with Crippen LogP contribution in [0.1, 0.15) is 35.7 Å².